The van der Waals surface area contributed by atoms with Gasteiger partial charge in [-0.2, -0.15) is 10.1 Å². The highest BCUT2D eigenvalue weighted by molar-refractivity contribution is 5.99. The second-order valence-electron chi connectivity index (χ2n) is 8.67. The summed E-state index contributed by atoms with van der Waals surface area (Å²) in [5.74, 6) is 0.561. The van der Waals surface area contributed by atoms with Crippen molar-refractivity contribution in [1.29, 1.82) is 0 Å². The van der Waals surface area contributed by atoms with Gasteiger partial charge in [0.1, 0.15) is 5.82 Å². The summed E-state index contributed by atoms with van der Waals surface area (Å²) < 4.78 is 1.68. The summed E-state index contributed by atoms with van der Waals surface area (Å²) in [6, 6.07) is 17.3. The highest BCUT2D eigenvalue weighted by Gasteiger charge is 2.16. The highest BCUT2D eigenvalue weighted by atomic mass is 16.2. The van der Waals surface area contributed by atoms with Crippen LogP contribution in [0.1, 0.15) is 18.1 Å². The van der Waals surface area contributed by atoms with Crippen LogP contribution < -0.4 is 16.0 Å². The van der Waals surface area contributed by atoms with Gasteiger partial charge in [-0.1, -0.05) is 43.0 Å². The Labute approximate surface area is 221 Å². The zero-order valence-corrected chi connectivity index (χ0v) is 21.4. The van der Waals surface area contributed by atoms with Gasteiger partial charge in [-0.15, -0.1) is 0 Å². The van der Waals surface area contributed by atoms with Crippen LogP contribution in [0.15, 0.2) is 85.8 Å². The minimum absolute atomic E-state index is 0.0430. The molecule has 0 unspecified atom stereocenters. The standard InChI is InChI=1S/C28H30N8O2/c1-4-26(38)31-23-11-8-12-24(15-23)32-27-22(16-29-28(34-27)33-25-17-30-35(3)19-25)18-36(20(2)37)14-13-21-9-6-5-7-10-21/h4-12,15-17,19H,1,13-14,18H2,2-3H3,(H,31,38)(H2,29,32,33,34). The van der Waals surface area contributed by atoms with Crippen molar-refractivity contribution in [3.63, 3.8) is 0 Å². The number of rotatable bonds is 11. The Kier molecular flexibility index (Phi) is 8.45. The van der Waals surface area contributed by atoms with Crippen molar-refractivity contribution in [2.24, 2.45) is 7.05 Å². The first-order valence-electron chi connectivity index (χ1n) is 12.1. The lowest BCUT2D eigenvalue weighted by molar-refractivity contribution is -0.129. The Bertz CT molecular complexity index is 1420. The van der Waals surface area contributed by atoms with Gasteiger partial charge in [-0.05, 0) is 36.3 Å². The molecule has 194 valence electrons. The quantitative estimate of drug-likeness (QED) is 0.256. The molecule has 0 bridgehead atoms. The average Bonchev–Trinajstić information content (AvgIpc) is 3.32. The van der Waals surface area contributed by atoms with E-state index in [0.717, 1.165) is 23.2 Å². The monoisotopic (exact) mass is 510 g/mol. The van der Waals surface area contributed by atoms with Crippen LogP contribution in [0.5, 0.6) is 0 Å². The average molecular weight is 511 g/mol. The van der Waals surface area contributed by atoms with Gasteiger partial charge in [0.15, 0.2) is 0 Å². The first kappa shape index (κ1) is 26.1. The van der Waals surface area contributed by atoms with Crippen LogP contribution in [0.4, 0.5) is 28.8 Å². The molecule has 4 aromatic rings. The SMILES string of the molecule is C=CC(=O)Nc1cccc(Nc2nc(Nc3cnn(C)c3)ncc2CN(CCc2ccccc2)C(C)=O)c1. The molecule has 4 rings (SSSR count). The molecular weight excluding hydrogens is 480 g/mol. The normalized spacial score (nSPS) is 10.5. The number of aromatic nitrogens is 4. The van der Waals surface area contributed by atoms with Gasteiger partial charge >= 0.3 is 0 Å². The summed E-state index contributed by atoms with van der Waals surface area (Å²) in [4.78, 5) is 35.2. The number of carbonyl (C=O) groups is 2. The fraction of sp³-hybridized carbons (Fsp3) is 0.179. The first-order valence-corrected chi connectivity index (χ1v) is 12.1. The summed E-state index contributed by atoms with van der Waals surface area (Å²) in [7, 11) is 1.83. The third kappa shape index (κ3) is 7.26. The Balaban J connectivity index is 1.60. The molecule has 0 fully saturated rings. The minimum Gasteiger partial charge on any atom is -0.340 e. The van der Waals surface area contributed by atoms with E-state index in [2.05, 4.69) is 32.6 Å². The molecule has 2 aromatic carbocycles. The van der Waals surface area contributed by atoms with E-state index < -0.39 is 0 Å². The summed E-state index contributed by atoms with van der Waals surface area (Å²) in [6.45, 7) is 5.93. The summed E-state index contributed by atoms with van der Waals surface area (Å²) in [6.07, 6.45) is 7.14. The van der Waals surface area contributed by atoms with Crippen molar-refractivity contribution in [2.75, 3.05) is 22.5 Å². The number of aryl methyl sites for hydroxylation is 1. The van der Waals surface area contributed by atoms with Crippen molar-refractivity contribution in [3.8, 4) is 0 Å². The minimum atomic E-state index is -0.302. The highest BCUT2D eigenvalue weighted by Crippen LogP contribution is 2.25. The van der Waals surface area contributed by atoms with Crippen LogP contribution >= 0.6 is 0 Å². The molecule has 10 heteroatoms. The maximum absolute atomic E-state index is 12.5. The van der Waals surface area contributed by atoms with Crippen LogP contribution in [0.3, 0.4) is 0 Å². The van der Waals surface area contributed by atoms with Crippen LogP contribution in [0.25, 0.3) is 0 Å². The van der Waals surface area contributed by atoms with E-state index in [1.165, 1.54) is 6.08 Å². The van der Waals surface area contributed by atoms with Crippen molar-refractivity contribution >= 4 is 40.6 Å². The molecule has 38 heavy (non-hydrogen) atoms. The number of benzene rings is 2. The topological polar surface area (TPSA) is 117 Å². The smallest absolute Gasteiger partial charge is 0.247 e. The number of nitrogens with zero attached hydrogens (tertiary/aromatic N) is 5. The Morgan fingerprint density at radius 3 is 2.53 bits per heavy atom. The molecule has 0 atom stereocenters. The van der Waals surface area contributed by atoms with Gasteiger partial charge in [0.25, 0.3) is 0 Å². The van der Waals surface area contributed by atoms with Crippen molar-refractivity contribution in [3.05, 3.63) is 97.0 Å². The molecule has 0 radical (unpaired) electrons. The first-order chi connectivity index (χ1) is 18.4. The molecule has 2 amide bonds. The summed E-state index contributed by atoms with van der Waals surface area (Å²) in [5, 5.41) is 13.4. The largest absolute Gasteiger partial charge is 0.340 e. The fourth-order valence-corrected chi connectivity index (χ4v) is 3.77. The second kappa shape index (κ2) is 12.3. The van der Waals surface area contributed by atoms with E-state index in [1.807, 2.05) is 55.7 Å². The molecule has 3 N–H and O–H groups in total. The van der Waals surface area contributed by atoms with Gasteiger partial charge < -0.3 is 20.9 Å². The second-order valence-corrected chi connectivity index (χ2v) is 8.67. The number of hydrogen-bond acceptors (Lipinski definition) is 7. The van der Waals surface area contributed by atoms with Crippen molar-refractivity contribution in [2.45, 2.75) is 19.9 Å². The lowest BCUT2D eigenvalue weighted by atomic mass is 10.1. The molecule has 0 spiro atoms. The molecule has 0 saturated carbocycles. The third-order valence-corrected chi connectivity index (χ3v) is 5.72. The fourth-order valence-electron chi connectivity index (χ4n) is 3.77. The van der Waals surface area contributed by atoms with Crippen LogP contribution in [-0.2, 0) is 29.6 Å². The molecule has 2 aromatic heterocycles. The van der Waals surface area contributed by atoms with Crippen molar-refractivity contribution in [1.82, 2.24) is 24.6 Å². The van der Waals surface area contributed by atoms with E-state index in [0.29, 0.717) is 36.2 Å². The van der Waals surface area contributed by atoms with Gasteiger partial charge in [-0.3, -0.25) is 14.3 Å². The van der Waals surface area contributed by atoms with E-state index in [-0.39, 0.29) is 11.8 Å². The molecular formula is C28H30N8O2. The van der Waals surface area contributed by atoms with E-state index in [4.69, 9.17) is 4.98 Å². The third-order valence-electron chi connectivity index (χ3n) is 5.72. The Hall–Kier alpha value is -4.99. The molecule has 0 aliphatic heterocycles. The lowest BCUT2D eigenvalue weighted by Gasteiger charge is -2.23. The number of anilines is 5. The Morgan fingerprint density at radius 2 is 1.82 bits per heavy atom. The number of nitrogens with one attached hydrogen (secondary N) is 3. The van der Waals surface area contributed by atoms with E-state index in [1.54, 1.807) is 41.0 Å². The molecule has 0 saturated heterocycles. The summed E-state index contributed by atoms with van der Waals surface area (Å²) in [5.41, 5.74) is 3.96. The molecule has 0 aliphatic rings. The van der Waals surface area contributed by atoms with E-state index in [9.17, 15) is 9.59 Å². The summed E-state index contributed by atoms with van der Waals surface area (Å²) >= 11 is 0. The number of hydrogen-bond donors (Lipinski definition) is 3. The van der Waals surface area contributed by atoms with Gasteiger partial charge in [-0.25, -0.2) is 4.98 Å². The molecule has 2 heterocycles. The van der Waals surface area contributed by atoms with Crippen LogP contribution in [-0.4, -0.2) is 43.0 Å². The van der Waals surface area contributed by atoms with E-state index >= 15 is 0 Å². The number of carbonyl (C=O) groups excluding carboxylic acids is 2. The zero-order chi connectivity index (χ0) is 26.9. The predicted molar refractivity (Wildman–Crippen MR) is 148 cm³/mol. The predicted octanol–water partition coefficient (Wildman–Crippen LogP) is 4.41. The molecule has 0 aliphatic carbocycles. The zero-order valence-electron chi connectivity index (χ0n) is 21.4. The Morgan fingerprint density at radius 1 is 1.03 bits per heavy atom. The van der Waals surface area contributed by atoms with Gasteiger partial charge in [0, 0.05) is 49.8 Å². The van der Waals surface area contributed by atoms with Gasteiger partial charge in [0.05, 0.1) is 18.4 Å². The molecule has 10 nitrogen and oxygen atoms in total. The lowest BCUT2D eigenvalue weighted by Crippen LogP contribution is -2.30. The number of amides is 2. The van der Waals surface area contributed by atoms with Gasteiger partial charge in [0.2, 0.25) is 17.8 Å². The maximum Gasteiger partial charge on any atom is 0.247 e. The van der Waals surface area contributed by atoms with Crippen molar-refractivity contribution < 1.29 is 9.59 Å². The van der Waals surface area contributed by atoms with Crippen LogP contribution in [0.2, 0.25) is 0 Å². The van der Waals surface area contributed by atoms with Crippen LogP contribution in [0, 0.1) is 0 Å². The maximum atomic E-state index is 12.5.